The third-order valence-electron chi connectivity index (χ3n) is 2.62. The summed E-state index contributed by atoms with van der Waals surface area (Å²) in [6, 6.07) is 5.33. The number of hydrogen-bond acceptors (Lipinski definition) is 6. The standard InChI is InChI=1S/C10H6N2O7S/c13-11(14)8-3-1-2-7-6(8)4-5-9(12(15)16)10(7)20(17,18)19/h1-5H,(H,17,18,19). The summed E-state index contributed by atoms with van der Waals surface area (Å²) in [4.78, 5) is 19.0. The van der Waals surface area contributed by atoms with Crippen LogP contribution >= 0.6 is 0 Å². The molecule has 0 saturated carbocycles. The molecule has 2 aromatic rings. The lowest BCUT2D eigenvalue weighted by molar-refractivity contribution is -0.387. The van der Waals surface area contributed by atoms with Gasteiger partial charge in [0.15, 0.2) is 4.90 Å². The van der Waals surface area contributed by atoms with E-state index in [1.807, 2.05) is 0 Å². The van der Waals surface area contributed by atoms with Crippen LogP contribution < -0.4 is 0 Å². The first-order valence-corrected chi connectivity index (χ1v) is 6.49. The normalized spacial score (nSPS) is 11.4. The Morgan fingerprint density at radius 3 is 2.00 bits per heavy atom. The van der Waals surface area contributed by atoms with Crippen LogP contribution in [-0.2, 0) is 10.1 Å². The van der Waals surface area contributed by atoms with Crippen LogP contribution in [0.25, 0.3) is 10.8 Å². The second-order valence-corrected chi connectivity index (χ2v) is 5.13. The molecular formula is C10H6N2O7S. The lowest BCUT2D eigenvalue weighted by Crippen LogP contribution is -2.05. The quantitative estimate of drug-likeness (QED) is 0.518. The molecule has 0 aliphatic heterocycles. The monoisotopic (exact) mass is 298 g/mol. The van der Waals surface area contributed by atoms with Crippen molar-refractivity contribution in [3.63, 3.8) is 0 Å². The second-order valence-electron chi connectivity index (χ2n) is 3.78. The molecule has 0 spiro atoms. The minimum atomic E-state index is -4.91. The van der Waals surface area contributed by atoms with Gasteiger partial charge in [-0.15, -0.1) is 0 Å². The Hall–Kier alpha value is -2.59. The van der Waals surface area contributed by atoms with E-state index in [1.54, 1.807) is 0 Å². The number of nitrogens with zero attached hydrogens (tertiary/aromatic N) is 2. The highest BCUT2D eigenvalue weighted by Gasteiger charge is 2.29. The van der Waals surface area contributed by atoms with Crippen LogP contribution in [0.1, 0.15) is 0 Å². The molecule has 0 heterocycles. The van der Waals surface area contributed by atoms with Crippen LogP contribution in [0.3, 0.4) is 0 Å². The highest BCUT2D eigenvalue weighted by Crippen LogP contribution is 2.35. The zero-order valence-corrected chi connectivity index (χ0v) is 10.4. The van der Waals surface area contributed by atoms with Gasteiger partial charge in [-0.25, -0.2) is 0 Å². The van der Waals surface area contributed by atoms with Gasteiger partial charge in [-0.2, -0.15) is 8.42 Å². The zero-order chi connectivity index (χ0) is 15.1. The van der Waals surface area contributed by atoms with Crippen LogP contribution in [-0.4, -0.2) is 22.8 Å². The first-order valence-electron chi connectivity index (χ1n) is 5.05. The van der Waals surface area contributed by atoms with Crippen molar-refractivity contribution in [2.45, 2.75) is 4.90 Å². The highest BCUT2D eigenvalue weighted by molar-refractivity contribution is 7.86. The van der Waals surface area contributed by atoms with E-state index in [-0.39, 0.29) is 10.8 Å². The summed E-state index contributed by atoms with van der Waals surface area (Å²) in [6.45, 7) is 0. The molecule has 2 aromatic carbocycles. The van der Waals surface area contributed by atoms with Crippen LogP contribution in [0.2, 0.25) is 0 Å². The maximum atomic E-state index is 11.3. The molecule has 1 N–H and O–H groups in total. The molecule has 0 aliphatic carbocycles. The highest BCUT2D eigenvalue weighted by atomic mass is 32.2. The van der Waals surface area contributed by atoms with Crippen LogP contribution in [0, 0.1) is 20.2 Å². The van der Waals surface area contributed by atoms with E-state index in [4.69, 9.17) is 4.55 Å². The topological polar surface area (TPSA) is 141 Å². The van der Waals surface area contributed by atoms with Crippen molar-refractivity contribution in [2.75, 3.05) is 0 Å². The summed E-state index contributed by atoms with van der Waals surface area (Å²) in [5, 5.41) is 21.3. The van der Waals surface area contributed by atoms with Gasteiger partial charge < -0.3 is 0 Å². The molecular weight excluding hydrogens is 292 g/mol. The fourth-order valence-corrected chi connectivity index (χ4v) is 2.74. The van der Waals surface area contributed by atoms with Crippen LogP contribution in [0.5, 0.6) is 0 Å². The molecule has 104 valence electrons. The van der Waals surface area contributed by atoms with Crippen molar-refractivity contribution in [1.82, 2.24) is 0 Å². The molecule has 0 saturated heterocycles. The lowest BCUT2D eigenvalue weighted by atomic mass is 10.1. The van der Waals surface area contributed by atoms with E-state index in [0.717, 1.165) is 24.3 Å². The number of nitro benzene ring substituents is 2. The summed E-state index contributed by atoms with van der Waals surface area (Å²) in [5.41, 5.74) is -1.26. The van der Waals surface area contributed by atoms with Crippen molar-refractivity contribution in [3.05, 3.63) is 50.6 Å². The fraction of sp³-hybridized carbons (Fsp3) is 0. The Morgan fingerprint density at radius 1 is 0.900 bits per heavy atom. The van der Waals surface area contributed by atoms with Crippen molar-refractivity contribution in [1.29, 1.82) is 0 Å². The van der Waals surface area contributed by atoms with E-state index in [0.29, 0.717) is 0 Å². The first-order chi connectivity index (χ1) is 9.23. The molecule has 2 rings (SSSR count). The number of fused-ring (bicyclic) bond motifs is 1. The molecule has 20 heavy (non-hydrogen) atoms. The lowest BCUT2D eigenvalue weighted by Gasteiger charge is -2.05. The van der Waals surface area contributed by atoms with Gasteiger partial charge in [0, 0.05) is 17.5 Å². The Balaban J connectivity index is 3.05. The largest absolute Gasteiger partial charge is 0.302 e. The fourth-order valence-electron chi connectivity index (χ4n) is 1.88. The average Bonchev–Trinajstić information content (AvgIpc) is 2.34. The molecule has 0 radical (unpaired) electrons. The predicted octanol–water partition coefficient (Wildman–Crippen LogP) is 1.90. The van der Waals surface area contributed by atoms with Crippen molar-refractivity contribution < 1.29 is 22.8 Å². The number of nitro groups is 2. The van der Waals surface area contributed by atoms with Gasteiger partial charge in [0.05, 0.1) is 15.2 Å². The molecule has 0 aromatic heterocycles. The van der Waals surface area contributed by atoms with Gasteiger partial charge in [0.2, 0.25) is 0 Å². The number of non-ortho nitro benzene ring substituents is 1. The maximum Gasteiger partial charge on any atom is 0.302 e. The molecule has 9 nitrogen and oxygen atoms in total. The maximum absolute atomic E-state index is 11.3. The Labute approximate surface area is 111 Å². The molecule has 0 atom stereocenters. The van der Waals surface area contributed by atoms with Crippen molar-refractivity contribution in [3.8, 4) is 0 Å². The average molecular weight is 298 g/mol. The third-order valence-corrected chi connectivity index (χ3v) is 3.56. The van der Waals surface area contributed by atoms with Gasteiger partial charge >= 0.3 is 10.1 Å². The SMILES string of the molecule is O=[N+]([O-])c1ccc2c([N+](=O)[O-])cccc2c1S(=O)(=O)O. The molecule has 0 aliphatic rings. The number of hydrogen-bond donors (Lipinski definition) is 1. The zero-order valence-electron chi connectivity index (χ0n) is 9.59. The summed E-state index contributed by atoms with van der Waals surface area (Å²) < 4.78 is 31.8. The molecule has 0 fully saturated rings. The Bertz CT molecular complexity index is 844. The number of benzene rings is 2. The summed E-state index contributed by atoms with van der Waals surface area (Å²) in [7, 11) is -4.91. The minimum absolute atomic E-state index is 0.115. The van der Waals surface area contributed by atoms with Gasteiger partial charge in [-0.3, -0.25) is 24.8 Å². The van der Waals surface area contributed by atoms with Gasteiger partial charge in [-0.1, -0.05) is 12.1 Å². The Morgan fingerprint density at radius 2 is 1.50 bits per heavy atom. The summed E-state index contributed by atoms with van der Waals surface area (Å²) in [6.07, 6.45) is 0. The van der Waals surface area contributed by atoms with Gasteiger partial charge in [0.25, 0.3) is 11.4 Å². The molecule has 0 bridgehead atoms. The van der Waals surface area contributed by atoms with E-state index in [9.17, 15) is 28.6 Å². The molecule has 0 amide bonds. The molecule has 0 unspecified atom stereocenters. The summed E-state index contributed by atoms with van der Waals surface area (Å²) in [5.74, 6) is 0. The first kappa shape index (κ1) is 13.8. The van der Waals surface area contributed by atoms with E-state index >= 15 is 0 Å². The third kappa shape index (κ3) is 2.17. The van der Waals surface area contributed by atoms with Gasteiger partial charge in [-0.05, 0) is 6.07 Å². The minimum Gasteiger partial charge on any atom is -0.282 e. The van der Waals surface area contributed by atoms with Crippen LogP contribution in [0.4, 0.5) is 11.4 Å². The predicted molar refractivity (Wildman–Crippen MR) is 67.1 cm³/mol. The van der Waals surface area contributed by atoms with Crippen LogP contribution in [0.15, 0.2) is 35.2 Å². The second kappa shape index (κ2) is 4.51. The van der Waals surface area contributed by atoms with Crippen molar-refractivity contribution in [2.24, 2.45) is 0 Å². The van der Waals surface area contributed by atoms with E-state index in [1.165, 1.54) is 6.07 Å². The van der Waals surface area contributed by atoms with E-state index < -0.39 is 36.2 Å². The van der Waals surface area contributed by atoms with E-state index in [2.05, 4.69) is 0 Å². The number of rotatable bonds is 3. The smallest absolute Gasteiger partial charge is 0.282 e. The van der Waals surface area contributed by atoms with Crippen molar-refractivity contribution >= 4 is 32.3 Å². The summed E-state index contributed by atoms with van der Waals surface area (Å²) >= 11 is 0. The van der Waals surface area contributed by atoms with Gasteiger partial charge in [0.1, 0.15) is 0 Å². The Kier molecular flexibility index (Phi) is 3.12. The molecule has 10 heteroatoms.